The van der Waals surface area contributed by atoms with E-state index in [0.717, 1.165) is 9.80 Å². The summed E-state index contributed by atoms with van der Waals surface area (Å²) in [6.45, 7) is -0.324. The Morgan fingerprint density at radius 3 is 1.98 bits per heavy atom. The van der Waals surface area contributed by atoms with Crippen LogP contribution in [0.1, 0.15) is 5.56 Å². The fourth-order valence-electron chi connectivity index (χ4n) is 4.36. The van der Waals surface area contributed by atoms with Crippen LogP contribution in [0.25, 0.3) is 6.08 Å². The average Bonchev–Trinajstić information content (AvgIpc) is 3.01. The van der Waals surface area contributed by atoms with E-state index in [2.05, 4.69) is 5.32 Å². The minimum absolute atomic E-state index is 0.224. The third kappa shape index (κ3) is 6.40. The molecular formula is C32H23ClIN3O6. The average molecular weight is 708 g/mol. The van der Waals surface area contributed by atoms with E-state index in [1.54, 1.807) is 97.1 Å². The summed E-state index contributed by atoms with van der Waals surface area (Å²) in [4.78, 5) is 55.3. The fourth-order valence-corrected chi connectivity index (χ4v) is 5.32. The van der Waals surface area contributed by atoms with Crippen molar-refractivity contribution in [3.8, 4) is 11.5 Å². The second kappa shape index (κ2) is 13.1. The van der Waals surface area contributed by atoms with Gasteiger partial charge in [0.1, 0.15) is 5.57 Å². The molecule has 1 N–H and O–H groups in total. The van der Waals surface area contributed by atoms with Crippen molar-refractivity contribution in [1.29, 1.82) is 0 Å². The molecule has 1 saturated heterocycles. The smallest absolute Gasteiger partial charge is 0.343 e. The number of anilines is 3. The first-order valence-corrected chi connectivity index (χ1v) is 14.3. The largest absolute Gasteiger partial charge is 0.493 e. The van der Waals surface area contributed by atoms with Crippen LogP contribution < -0.4 is 24.6 Å². The van der Waals surface area contributed by atoms with E-state index in [9.17, 15) is 19.2 Å². The van der Waals surface area contributed by atoms with Gasteiger partial charge in [-0.05, 0) is 82.8 Å². The Labute approximate surface area is 265 Å². The highest BCUT2D eigenvalue weighted by atomic mass is 127. The van der Waals surface area contributed by atoms with Crippen molar-refractivity contribution in [3.05, 3.63) is 117 Å². The highest BCUT2D eigenvalue weighted by Crippen LogP contribution is 2.36. The standard InChI is InChI=1S/C32H23ClIN3O6/c1-42-27-18-20(17-25(34)29(27)43-19-28(38)35-26-15-9-8-14-24(26)33)16-23-30(39)36(21-10-4-2-5-11-21)32(41)37(31(23)40)22-12-6-3-7-13-22/h2-18H,19H2,1H3,(H,35,38). The number of imide groups is 2. The lowest BCUT2D eigenvalue weighted by molar-refractivity contribution is -0.121. The number of amides is 5. The van der Waals surface area contributed by atoms with Crippen molar-refractivity contribution in [1.82, 2.24) is 0 Å². The summed E-state index contributed by atoms with van der Waals surface area (Å²) in [5.74, 6) is -1.39. The van der Waals surface area contributed by atoms with E-state index in [0.29, 0.717) is 37.0 Å². The normalized spacial score (nSPS) is 13.2. The number of carbonyl (C=O) groups excluding carboxylic acids is 4. The van der Waals surface area contributed by atoms with Crippen LogP contribution in [0.2, 0.25) is 5.02 Å². The number of hydrogen-bond donors (Lipinski definition) is 1. The van der Waals surface area contributed by atoms with Crippen LogP contribution in [0.3, 0.4) is 0 Å². The topological polar surface area (TPSA) is 105 Å². The molecule has 4 aromatic carbocycles. The summed E-state index contributed by atoms with van der Waals surface area (Å²) >= 11 is 8.13. The number of carbonyl (C=O) groups is 4. The van der Waals surface area contributed by atoms with Gasteiger partial charge in [-0.1, -0.05) is 60.1 Å². The monoisotopic (exact) mass is 707 g/mol. The molecular weight excluding hydrogens is 685 g/mol. The summed E-state index contributed by atoms with van der Waals surface area (Å²) < 4.78 is 11.9. The van der Waals surface area contributed by atoms with E-state index >= 15 is 0 Å². The maximum absolute atomic E-state index is 13.7. The van der Waals surface area contributed by atoms with Gasteiger partial charge in [0.2, 0.25) is 0 Å². The van der Waals surface area contributed by atoms with Gasteiger partial charge >= 0.3 is 6.03 Å². The number of benzene rings is 4. The minimum Gasteiger partial charge on any atom is -0.493 e. The van der Waals surface area contributed by atoms with Crippen LogP contribution in [-0.2, 0) is 14.4 Å². The highest BCUT2D eigenvalue weighted by molar-refractivity contribution is 14.1. The molecule has 0 unspecified atom stereocenters. The van der Waals surface area contributed by atoms with Gasteiger partial charge in [0.25, 0.3) is 17.7 Å². The molecule has 11 heteroatoms. The molecule has 0 radical (unpaired) electrons. The molecule has 1 heterocycles. The SMILES string of the molecule is COc1cc(C=C2C(=O)N(c3ccccc3)C(=O)N(c3ccccc3)C2=O)cc(I)c1OCC(=O)Nc1ccccc1Cl. The number of urea groups is 1. The molecule has 0 aromatic heterocycles. The lowest BCUT2D eigenvalue weighted by Crippen LogP contribution is -2.57. The summed E-state index contributed by atoms with van der Waals surface area (Å²) in [7, 11) is 1.43. The van der Waals surface area contributed by atoms with Crippen LogP contribution in [0.5, 0.6) is 11.5 Å². The van der Waals surface area contributed by atoms with Crippen molar-refractivity contribution >= 4 is 81.1 Å². The number of ether oxygens (including phenoxy) is 2. The molecule has 5 rings (SSSR count). The Hall–Kier alpha value is -4.68. The van der Waals surface area contributed by atoms with Crippen molar-refractivity contribution in [2.45, 2.75) is 0 Å². The quantitative estimate of drug-likeness (QED) is 0.127. The summed E-state index contributed by atoms with van der Waals surface area (Å²) in [5, 5.41) is 3.09. The summed E-state index contributed by atoms with van der Waals surface area (Å²) in [6.07, 6.45) is 1.40. The fraction of sp³-hybridized carbons (Fsp3) is 0.0625. The molecule has 5 amide bonds. The van der Waals surface area contributed by atoms with Crippen LogP contribution in [0, 0.1) is 3.57 Å². The zero-order chi connectivity index (χ0) is 30.5. The molecule has 0 bridgehead atoms. The van der Waals surface area contributed by atoms with Crippen LogP contribution >= 0.6 is 34.2 Å². The van der Waals surface area contributed by atoms with Gasteiger partial charge in [0.05, 0.1) is 32.8 Å². The van der Waals surface area contributed by atoms with Gasteiger partial charge in [-0.15, -0.1) is 0 Å². The first kappa shape index (κ1) is 29.8. The molecule has 1 aliphatic heterocycles. The predicted molar refractivity (Wildman–Crippen MR) is 173 cm³/mol. The number of halogens is 2. The van der Waals surface area contributed by atoms with E-state index in [4.69, 9.17) is 21.1 Å². The third-order valence-corrected chi connectivity index (χ3v) is 7.47. The molecule has 0 saturated carbocycles. The second-order valence-electron chi connectivity index (χ2n) is 9.14. The van der Waals surface area contributed by atoms with Gasteiger partial charge in [-0.3, -0.25) is 14.4 Å². The summed E-state index contributed by atoms with van der Waals surface area (Å²) in [6, 6.07) is 26.1. The Morgan fingerprint density at radius 2 is 1.42 bits per heavy atom. The second-order valence-corrected chi connectivity index (χ2v) is 10.7. The van der Waals surface area contributed by atoms with E-state index in [-0.39, 0.29) is 17.9 Å². The first-order chi connectivity index (χ1) is 20.8. The maximum Gasteiger partial charge on any atom is 0.343 e. The van der Waals surface area contributed by atoms with Crippen molar-refractivity contribution in [2.75, 3.05) is 28.8 Å². The zero-order valence-electron chi connectivity index (χ0n) is 22.6. The summed E-state index contributed by atoms with van der Waals surface area (Å²) in [5.41, 5.74) is 1.32. The number of methoxy groups -OCH3 is 1. The van der Waals surface area contributed by atoms with Crippen LogP contribution in [0.4, 0.5) is 21.9 Å². The van der Waals surface area contributed by atoms with Crippen molar-refractivity contribution in [3.63, 3.8) is 0 Å². The van der Waals surface area contributed by atoms with Gasteiger partial charge in [-0.25, -0.2) is 14.6 Å². The molecule has 0 aliphatic carbocycles. The molecule has 4 aromatic rings. The van der Waals surface area contributed by atoms with Gasteiger partial charge in [0, 0.05) is 0 Å². The first-order valence-electron chi connectivity index (χ1n) is 12.9. The molecule has 0 atom stereocenters. The molecule has 9 nitrogen and oxygen atoms in total. The zero-order valence-corrected chi connectivity index (χ0v) is 25.5. The molecule has 43 heavy (non-hydrogen) atoms. The predicted octanol–water partition coefficient (Wildman–Crippen LogP) is 6.55. The number of nitrogens with one attached hydrogen (secondary N) is 1. The van der Waals surface area contributed by atoms with Crippen molar-refractivity contribution in [2.24, 2.45) is 0 Å². The van der Waals surface area contributed by atoms with Gasteiger partial charge in [0.15, 0.2) is 18.1 Å². The number of hydrogen-bond acceptors (Lipinski definition) is 6. The van der Waals surface area contributed by atoms with Crippen molar-refractivity contribution < 1.29 is 28.7 Å². The number of barbiturate groups is 1. The molecule has 216 valence electrons. The highest BCUT2D eigenvalue weighted by Gasteiger charge is 2.43. The van der Waals surface area contributed by atoms with E-state index in [1.807, 2.05) is 22.6 Å². The molecule has 1 aliphatic rings. The Balaban J connectivity index is 1.46. The lowest BCUT2D eigenvalue weighted by Gasteiger charge is -2.34. The Kier molecular flexibility index (Phi) is 9.07. The van der Waals surface area contributed by atoms with E-state index in [1.165, 1.54) is 13.2 Å². The molecule has 1 fully saturated rings. The Bertz CT molecular complexity index is 1680. The van der Waals surface area contributed by atoms with Gasteiger partial charge < -0.3 is 14.8 Å². The van der Waals surface area contributed by atoms with Crippen LogP contribution in [-0.4, -0.2) is 37.5 Å². The Morgan fingerprint density at radius 1 is 0.860 bits per heavy atom. The molecule has 0 spiro atoms. The number of nitrogens with zero attached hydrogens (tertiary/aromatic N) is 2. The third-order valence-electron chi connectivity index (χ3n) is 6.34. The number of rotatable bonds is 8. The number of para-hydroxylation sites is 3. The van der Waals surface area contributed by atoms with Gasteiger partial charge in [-0.2, -0.15) is 0 Å². The maximum atomic E-state index is 13.7. The lowest BCUT2D eigenvalue weighted by atomic mass is 10.0. The minimum atomic E-state index is -0.782. The van der Waals surface area contributed by atoms with E-state index < -0.39 is 23.8 Å². The van der Waals surface area contributed by atoms with Crippen LogP contribution in [0.15, 0.2) is 103 Å².